The fourth-order valence-corrected chi connectivity index (χ4v) is 1.71. The number of carbonyl (C=O) groups excluding carboxylic acids is 1. The molecular formula is C14H19ClO. The lowest BCUT2D eigenvalue weighted by molar-refractivity contribution is 0.0989. The van der Waals surface area contributed by atoms with E-state index in [1.165, 1.54) is 5.56 Å². The van der Waals surface area contributed by atoms with E-state index in [2.05, 4.69) is 20.8 Å². The summed E-state index contributed by atoms with van der Waals surface area (Å²) in [6.45, 7) is 6.59. The fraction of sp³-hybridized carbons (Fsp3) is 0.500. The molecule has 0 aliphatic rings. The van der Waals surface area contributed by atoms with Gasteiger partial charge in [0.25, 0.3) is 0 Å². The predicted octanol–water partition coefficient (Wildman–Crippen LogP) is 4.19. The van der Waals surface area contributed by atoms with Gasteiger partial charge in [-0.2, -0.15) is 0 Å². The zero-order valence-corrected chi connectivity index (χ0v) is 11.0. The Labute approximate surface area is 103 Å². The van der Waals surface area contributed by atoms with Crippen molar-refractivity contribution in [3.05, 3.63) is 35.4 Å². The van der Waals surface area contributed by atoms with Crippen molar-refractivity contribution in [2.75, 3.05) is 5.88 Å². The highest BCUT2D eigenvalue weighted by atomic mass is 35.5. The minimum atomic E-state index is 0.121. The maximum absolute atomic E-state index is 11.6. The van der Waals surface area contributed by atoms with Gasteiger partial charge < -0.3 is 0 Å². The topological polar surface area (TPSA) is 17.1 Å². The predicted molar refractivity (Wildman–Crippen MR) is 69.4 cm³/mol. The highest BCUT2D eigenvalue weighted by Crippen LogP contribution is 2.26. The van der Waals surface area contributed by atoms with E-state index in [0.29, 0.717) is 12.3 Å². The molecule has 0 aromatic heterocycles. The summed E-state index contributed by atoms with van der Waals surface area (Å²) in [5, 5.41) is 0. The lowest BCUT2D eigenvalue weighted by Gasteiger charge is -2.23. The molecule has 0 aliphatic heterocycles. The minimum absolute atomic E-state index is 0.121. The Morgan fingerprint density at radius 3 is 2.25 bits per heavy atom. The minimum Gasteiger partial charge on any atom is -0.294 e. The highest BCUT2D eigenvalue weighted by Gasteiger charge is 2.17. The van der Waals surface area contributed by atoms with E-state index in [1.54, 1.807) is 0 Å². The van der Waals surface area contributed by atoms with Crippen LogP contribution in [-0.4, -0.2) is 11.7 Å². The number of hydrogen-bond acceptors (Lipinski definition) is 1. The van der Waals surface area contributed by atoms with Crippen LogP contribution in [0.15, 0.2) is 24.3 Å². The van der Waals surface area contributed by atoms with Crippen molar-refractivity contribution in [2.45, 2.75) is 39.0 Å². The molecule has 2 heteroatoms. The van der Waals surface area contributed by atoms with Crippen LogP contribution >= 0.6 is 11.6 Å². The van der Waals surface area contributed by atoms with Crippen LogP contribution in [0.25, 0.3) is 0 Å². The Hall–Kier alpha value is -0.820. The van der Waals surface area contributed by atoms with Gasteiger partial charge in [0.05, 0.1) is 0 Å². The van der Waals surface area contributed by atoms with Crippen molar-refractivity contribution in [3.63, 3.8) is 0 Å². The quantitative estimate of drug-likeness (QED) is 0.556. The van der Waals surface area contributed by atoms with Gasteiger partial charge in [-0.1, -0.05) is 45.0 Å². The number of ketones is 1. The van der Waals surface area contributed by atoms with E-state index >= 15 is 0 Å². The van der Waals surface area contributed by atoms with Crippen LogP contribution in [0, 0.1) is 0 Å². The van der Waals surface area contributed by atoms with Gasteiger partial charge in [0.2, 0.25) is 0 Å². The van der Waals surface area contributed by atoms with E-state index in [-0.39, 0.29) is 11.2 Å². The third kappa shape index (κ3) is 3.08. The second-order valence-corrected chi connectivity index (χ2v) is 5.05. The molecule has 1 nitrogen and oxygen atoms in total. The Bertz CT molecular complexity index is 352. The van der Waals surface area contributed by atoms with Crippen LogP contribution in [0.3, 0.4) is 0 Å². The zero-order chi connectivity index (χ0) is 12.2. The molecule has 0 saturated carbocycles. The highest BCUT2D eigenvalue weighted by molar-refractivity contribution is 6.19. The summed E-state index contributed by atoms with van der Waals surface area (Å²) in [5.41, 5.74) is 2.21. The largest absolute Gasteiger partial charge is 0.294 e. The lowest BCUT2D eigenvalue weighted by Crippen LogP contribution is -2.15. The molecule has 0 amide bonds. The van der Waals surface area contributed by atoms with Crippen LogP contribution in [0.5, 0.6) is 0 Å². The van der Waals surface area contributed by atoms with E-state index in [4.69, 9.17) is 11.6 Å². The normalized spacial score (nSPS) is 11.5. The van der Waals surface area contributed by atoms with Crippen LogP contribution < -0.4 is 0 Å². The monoisotopic (exact) mass is 238 g/mol. The summed E-state index contributed by atoms with van der Waals surface area (Å²) in [6.07, 6.45) is 1.50. The van der Waals surface area contributed by atoms with Crippen LogP contribution in [0.2, 0.25) is 0 Å². The summed E-state index contributed by atoms with van der Waals surface area (Å²) >= 11 is 5.55. The molecule has 1 rings (SSSR count). The Morgan fingerprint density at radius 2 is 1.81 bits per heavy atom. The standard InChI is InChI=1S/C14H19ClO/c1-4-14(2,3)12-7-5-11(6-8-12)13(16)9-10-15/h5-8H,4,9-10H2,1-3H3. The first-order chi connectivity index (χ1) is 7.51. The molecule has 88 valence electrons. The van der Waals surface area contributed by atoms with Crippen LogP contribution in [0.1, 0.15) is 49.5 Å². The fourth-order valence-electron chi connectivity index (χ4n) is 1.54. The second kappa shape index (κ2) is 5.49. The van der Waals surface area contributed by atoms with Gasteiger partial charge in [-0.05, 0) is 17.4 Å². The summed E-state index contributed by atoms with van der Waals surface area (Å²) in [6, 6.07) is 7.90. The number of alkyl halides is 1. The van der Waals surface area contributed by atoms with Crippen molar-refractivity contribution >= 4 is 17.4 Å². The number of benzene rings is 1. The molecule has 0 atom stereocenters. The number of Topliss-reactive ketones (excluding diaryl/α,β-unsaturated/α-hetero) is 1. The van der Waals surface area contributed by atoms with Crippen molar-refractivity contribution in [2.24, 2.45) is 0 Å². The van der Waals surface area contributed by atoms with Crippen molar-refractivity contribution < 1.29 is 4.79 Å². The number of hydrogen-bond donors (Lipinski definition) is 0. The number of carbonyl (C=O) groups is 1. The molecule has 16 heavy (non-hydrogen) atoms. The second-order valence-electron chi connectivity index (χ2n) is 4.68. The number of rotatable bonds is 5. The Morgan fingerprint density at radius 1 is 1.25 bits per heavy atom. The molecule has 0 fully saturated rings. The van der Waals surface area contributed by atoms with Gasteiger partial charge in [0.15, 0.2) is 5.78 Å². The lowest BCUT2D eigenvalue weighted by atomic mass is 9.82. The van der Waals surface area contributed by atoms with Crippen LogP contribution in [-0.2, 0) is 5.41 Å². The molecule has 0 bridgehead atoms. The smallest absolute Gasteiger partial charge is 0.164 e. The summed E-state index contributed by atoms with van der Waals surface area (Å²) < 4.78 is 0. The third-order valence-electron chi connectivity index (χ3n) is 3.19. The molecule has 1 aromatic rings. The molecule has 0 saturated heterocycles. The molecular weight excluding hydrogens is 220 g/mol. The van der Waals surface area contributed by atoms with Gasteiger partial charge in [0, 0.05) is 17.9 Å². The SMILES string of the molecule is CCC(C)(C)c1ccc(C(=O)CCCl)cc1. The van der Waals surface area contributed by atoms with Crippen molar-refractivity contribution in [1.82, 2.24) is 0 Å². The van der Waals surface area contributed by atoms with Gasteiger partial charge in [-0.15, -0.1) is 11.6 Å². The molecule has 0 spiro atoms. The van der Waals surface area contributed by atoms with E-state index in [1.807, 2.05) is 24.3 Å². The maximum atomic E-state index is 11.6. The Balaban J connectivity index is 2.87. The molecule has 0 N–H and O–H groups in total. The number of halogens is 1. The van der Waals surface area contributed by atoms with E-state index in [9.17, 15) is 4.79 Å². The molecule has 0 unspecified atom stereocenters. The first-order valence-corrected chi connectivity index (χ1v) is 6.24. The molecule has 0 radical (unpaired) electrons. The van der Waals surface area contributed by atoms with E-state index < -0.39 is 0 Å². The maximum Gasteiger partial charge on any atom is 0.164 e. The average molecular weight is 239 g/mol. The Kier molecular flexibility index (Phi) is 4.55. The van der Waals surface area contributed by atoms with Crippen LogP contribution in [0.4, 0.5) is 0 Å². The van der Waals surface area contributed by atoms with Gasteiger partial charge in [0.1, 0.15) is 0 Å². The summed E-state index contributed by atoms with van der Waals surface area (Å²) in [7, 11) is 0. The van der Waals surface area contributed by atoms with Gasteiger partial charge in [-0.25, -0.2) is 0 Å². The average Bonchev–Trinajstić information content (AvgIpc) is 2.29. The van der Waals surface area contributed by atoms with Gasteiger partial charge in [-0.3, -0.25) is 4.79 Å². The third-order valence-corrected chi connectivity index (χ3v) is 3.38. The first-order valence-electron chi connectivity index (χ1n) is 5.71. The first kappa shape index (κ1) is 13.2. The zero-order valence-electron chi connectivity index (χ0n) is 10.2. The molecule has 0 heterocycles. The van der Waals surface area contributed by atoms with Crippen molar-refractivity contribution in [1.29, 1.82) is 0 Å². The van der Waals surface area contributed by atoms with Crippen molar-refractivity contribution in [3.8, 4) is 0 Å². The summed E-state index contributed by atoms with van der Waals surface area (Å²) in [4.78, 5) is 11.6. The van der Waals surface area contributed by atoms with Gasteiger partial charge >= 0.3 is 0 Å². The molecule has 1 aromatic carbocycles. The summed E-state index contributed by atoms with van der Waals surface area (Å²) in [5.74, 6) is 0.511. The van der Waals surface area contributed by atoms with E-state index in [0.717, 1.165) is 12.0 Å². The molecule has 0 aliphatic carbocycles.